The fraction of sp³-hybridized carbons (Fsp3) is 0.600. The number of likely N-dealkylation sites (tertiary alicyclic amines) is 1. The second-order valence-electron chi connectivity index (χ2n) is 7.33. The highest BCUT2D eigenvalue weighted by Crippen LogP contribution is 2.26. The minimum absolute atomic E-state index is 0.00898. The summed E-state index contributed by atoms with van der Waals surface area (Å²) in [4.78, 5) is 37.9. The molecule has 1 heterocycles. The number of nitrogens with one attached hydrogen (secondary N) is 1. The molecule has 0 aliphatic carbocycles. The molecule has 1 aliphatic rings. The molecule has 0 aromatic heterocycles. The molecule has 1 saturated heterocycles. The van der Waals surface area contributed by atoms with Crippen LogP contribution < -0.4 is 5.32 Å². The number of ether oxygens (including phenoxy) is 2. The zero-order valence-electron chi connectivity index (χ0n) is 17.3. The van der Waals surface area contributed by atoms with Gasteiger partial charge in [-0.1, -0.05) is 0 Å². The summed E-state index contributed by atoms with van der Waals surface area (Å²) in [6.45, 7) is 6.31. The first-order chi connectivity index (χ1) is 13.8. The van der Waals surface area contributed by atoms with Crippen LogP contribution in [0.25, 0.3) is 0 Å². The molecule has 1 aromatic rings. The van der Waals surface area contributed by atoms with E-state index >= 15 is 0 Å². The van der Waals surface area contributed by atoms with Gasteiger partial charge in [-0.25, -0.2) is 4.79 Å². The van der Waals surface area contributed by atoms with Crippen LogP contribution in [-0.4, -0.2) is 60.1 Å². The second kappa shape index (κ2) is 10.2. The molecule has 0 spiro atoms. The fourth-order valence-corrected chi connectivity index (χ4v) is 3.60. The van der Waals surface area contributed by atoms with E-state index in [0.717, 1.165) is 25.3 Å². The Morgan fingerprint density at radius 1 is 1.31 bits per heavy atom. The number of hydrogen-bond donors (Lipinski definition) is 1. The predicted molar refractivity (Wildman–Crippen MR) is 108 cm³/mol. The van der Waals surface area contributed by atoms with E-state index in [1.807, 2.05) is 13.8 Å². The molecule has 0 unspecified atom stereocenters. The maximum Gasteiger partial charge on any atom is 0.341 e. The molecule has 1 aliphatic heterocycles. The molecule has 0 bridgehead atoms. The summed E-state index contributed by atoms with van der Waals surface area (Å²) in [6, 6.07) is 4.07. The quantitative estimate of drug-likeness (QED) is 0.305. The number of non-ortho nitro benzene ring substituents is 1. The van der Waals surface area contributed by atoms with Crippen LogP contribution in [0.4, 0.5) is 11.4 Å². The summed E-state index contributed by atoms with van der Waals surface area (Å²) in [7, 11) is 1.54. The van der Waals surface area contributed by atoms with Crippen LogP contribution >= 0.6 is 0 Å². The van der Waals surface area contributed by atoms with Crippen LogP contribution in [0.1, 0.15) is 50.4 Å². The van der Waals surface area contributed by atoms with Crippen molar-refractivity contribution in [2.75, 3.05) is 25.6 Å². The highest BCUT2D eigenvalue weighted by atomic mass is 16.6. The average Bonchev–Trinajstić information content (AvgIpc) is 2.67. The van der Waals surface area contributed by atoms with Crippen molar-refractivity contribution in [2.24, 2.45) is 0 Å². The number of nitrogens with zero attached hydrogens (tertiary/aromatic N) is 2. The molecular formula is C20H29N3O6. The molecule has 1 N–H and O–H groups in total. The number of carbonyl (C=O) groups excluding carboxylic acids is 2. The van der Waals surface area contributed by atoms with E-state index in [4.69, 9.17) is 9.47 Å². The molecule has 1 amide bonds. The molecule has 1 aromatic carbocycles. The smallest absolute Gasteiger partial charge is 0.341 e. The van der Waals surface area contributed by atoms with E-state index < -0.39 is 17.0 Å². The maximum absolute atomic E-state index is 12.9. The first-order valence-electron chi connectivity index (χ1n) is 9.80. The Morgan fingerprint density at radius 2 is 1.97 bits per heavy atom. The van der Waals surface area contributed by atoms with Crippen LogP contribution in [0.15, 0.2) is 18.2 Å². The largest absolute Gasteiger partial charge is 0.449 e. The zero-order valence-corrected chi connectivity index (χ0v) is 17.3. The first-order valence-corrected chi connectivity index (χ1v) is 9.80. The fourth-order valence-electron chi connectivity index (χ4n) is 3.60. The van der Waals surface area contributed by atoms with Crippen molar-refractivity contribution in [3.05, 3.63) is 33.9 Å². The summed E-state index contributed by atoms with van der Waals surface area (Å²) in [5, 5.41) is 14.1. The molecular weight excluding hydrogens is 378 g/mol. The van der Waals surface area contributed by atoms with Gasteiger partial charge >= 0.3 is 5.97 Å². The highest BCUT2D eigenvalue weighted by Gasteiger charge is 2.33. The number of nitro benzene ring substituents is 1. The summed E-state index contributed by atoms with van der Waals surface area (Å²) < 4.78 is 10.4. The number of amides is 1. The third-order valence-corrected chi connectivity index (χ3v) is 5.14. The van der Waals surface area contributed by atoms with Gasteiger partial charge < -0.3 is 19.7 Å². The molecule has 0 radical (unpaired) electrons. The van der Waals surface area contributed by atoms with Crippen LogP contribution in [0.5, 0.6) is 0 Å². The van der Waals surface area contributed by atoms with Crippen LogP contribution in [-0.2, 0) is 14.3 Å². The van der Waals surface area contributed by atoms with E-state index in [2.05, 4.69) is 5.32 Å². The molecule has 2 rings (SSSR count). The lowest BCUT2D eigenvalue weighted by atomic mass is 9.97. The van der Waals surface area contributed by atoms with Crippen LogP contribution in [0.3, 0.4) is 0 Å². The van der Waals surface area contributed by atoms with Gasteiger partial charge in [0.1, 0.15) is 0 Å². The lowest BCUT2D eigenvalue weighted by molar-refractivity contribution is -0.384. The minimum atomic E-state index is -0.989. The van der Waals surface area contributed by atoms with E-state index in [9.17, 15) is 19.7 Å². The Hall–Kier alpha value is -2.68. The number of nitro groups is 1. The maximum atomic E-state index is 12.9. The highest BCUT2D eigenvalue weighted by molar-refractivity contribution is 5.98. The molecule has 1 fully saturated rings. The molecule has 9 heteroatoms. The number of methoxy groups -OCH3 is 1. The number of esters is 1. The Bertz CT molecular complexity index is 744. The summed E-state index contributed by atoms with van der Waals surface area (Å²) in [5.74, 6) is -1.04. The van der Waals surface area contributed by atoms with Gasteiger partial charge in [-0.2, -0.15) is 0 Å². The van der Waals surface area contributed by atoms with E-state index in [1.165, 1.54) is 19.1 Å². The number of benzene rings is 1. The molecule has 160 valence electrons. The molecule has 9 nitrogen and oxygen atoms in total. The van der Waals surface area contributed by atoms with E-state index in [1.54, 1.807) is 12.0 Å². The van der Waals surface area contributed by atoms with E-state index in [0.29, 0.717) is 18.8 Å². The molecule has 29 heavy (non-hydrogen) atoms. The Balaban J connectivity index is 2.17. The van der Waals surface area contributed by atoms with Gasteiger partial charge in [-0.3, -0.25) is 14.9 Å². The van der Waals surface area contributed by atoms with E-state index in [-0.39, 0.29) is 29.2 Å². The summed E-state index contributed by atoms with van der Waals surface area (Å²) in [6.07, 6.45) is 1.89. The van der Waals surface area contributed by atoms with Crippen molar-refractivity contribution in [3.63, 3.8) is 0 Å². The van der Waals surface area contributed by atoms with Crippen molar-refractivity contribution in [2.45, 2.75) is 58.2 Å². The van der Waals surface area contributed by atoms with Crippen molar-refractivity contribution < 1.29 is 24.0 Å². The van der Waals surface area contributed by atoms with Crippen LogP contribution in [0.2, 0.25) is 0 Å². The topological polar surface area (TPSA) is 111 Å². The number of carbonyl (C=O) groups is 2. The summed E-state index contributed by atoms with van der Waals surface area (Å²) >= 11 is 0. The van der Waals surface area contributed by atoms with Gasteiger partial charge in [0.25, 0.3) is 11.6 Å². The lowest BCUT2D eigenvalue weighted by Gasteiger charge is -2.40. The Kier molecular flexibility index (Phi) is 7.95. The Labute approximate surface area is 170 Å². The predicted octanol–water partition coefficient (Wildman–Crippen LogP) is 2.99. The SMILES string of the molecule is COCCNc1ccc([N+](=O)[O-])cc1C(=O)O[C@H](C)C(=O)N1[C@H](C)CCC[C@H]1C. The lowest BCUT2D eigenvalue weighted by Crippen LogP contribution is -2.51. The molecule has 3 atom stereocenters. The third kappa shape index (κ3) is 5.66. The number of hydrogen-bond acceptors (Lipinski definition) is 7. The van der Waals surface area contributed by atoms with Gasteiger partial charge in [-0.15, -0.1) is 0 Å². The Morgan fingerprint density at radius 3 is 2.55 bits per heavy atom. The van der Waals surface area contributed by atoms with Gasteiger partial charge in [0.05, 0.1) is 17.1 Å². The zero-order chi connectivity index (χ0) is 21.6. The minimum Gasteiger partial charge on any atom is -0.449 e. The van der Waals surface area contributed by atoms with Gasteiger partial charge in [-0.05, 0) is 46.1 Å². The number of anilines is 1. The number of rotatable bonds is 8. The standard InChI is InChI=1S/C20H29N3O6/c1-13-6-5-7-14(2)22(13)19(24)15(3)29-20(25)17-12-16(23(26)27)8-9-18(17)21-10-11-28-4/h8-9,12-15,21H,5-7,10-11H2,1-4H3/t13-,14-,15-/m1/s1. The first kappa shape index (κ1) is 22.6. The monoisotopic (exact) mass is 407 g/mol. The van der Waals surface area contributed by atoms with Crippen molar-refractivity contribution in [1.29, 1.82) is 0 Å². The van der Waals surface area contributed by atoms with Gasteiger partial charge in [0.2, 0.25) is 0 Å². The summed E-state index contributed by atoms with van der Waals surface area (Å²) in [5.41, 5.74) is 0.165. The van der Waals surface area contributed by atoms with Crippen molar-refractivity contribution >= 4 is 23.3 Å². The van der Waals surface area contributed by atoms with Crippen molar-refractivity contribution in [3.8, 4) is 0 Å². The third-order valence-electron chi connectivity index (χ3n) is 5.14. The van der Waals surface area contributed by atoms with Crippen molar-refractivity contribution in [1.82, 2.24) is 4.90 Å². The normalized spacial score (nSPS) is 20.1. The molecule has 0 saturated carbocycles. The van der Waals surface area contributed by atoms with Gasteiger partial charge in [0.15, 0.2) is 6.10 Å². The average molecular weight is 407 g/mol. The second-order valence-corrected chi connectivity index (χ2v) is 7.33. The number of piperidine rings is 1. The van der Waals surface area contributed by atoms with Gasteiger partial charge in [0, 0.05) is 43.6 Å². The van der Waals surface area contributed by atoms with Crippen LogP contribution in [0, 0.1) is 10.1 Å².